The Bertz CT molecular complexity index is 1770. The average molecular weight is 733 g/mol. The summed E-state index contributed by atoms with van der Waals surface area (Å²) in [5.74, 6) is -2.67. The number of benzene rings is 2. The van der Waals surface area contributed by atoms with Crippen LogP contribution in [-0.4, -0.2) is 66.9 Å². The quantitative estimate of drug-likeness (QED) is 0.0856. The molecule has 11 atom stereocenters. The van der Waals surface area contributed by atoms with E-state index in [4.69, 9.17) is 9.47 Å². The van der Waals surface area contributed by atoms with Gasteiger partial charge >= 0.3 is 17.9 Å². The third kappa shape index (κ3) is 7.63. The number of aliphatic carboxylic acids is 1. The predicted molar refractivity (Wildman–Crippen MR) is 195 cm³/mol. The smallest absolute Gasteiger partial charge is 0.331 e. The molecular formula is C42H52O11. The summed E-state index contributed by atoms with van der Waals surface area (Å²) in [7, 11) is 0. The van der Waals surface area contributed by atoms with Crippen molar-refractivity contribution in [1.29, 1.82) is 0 Å². The average Bonchev–Trinajstić information content (AvgIpc) is 3.47. The summed E-state index contributed by atoms with van der Waals surface area (Å²) in [4.78, 5) is 37.9. The molecule has 4 fully saturated rings. The number of esters is 2. The normalized spacial score (nSPS) is 34.2. The third-order valence-corrected chi connectivity index (χ3v) is 13.6. The molecule has 286 valence electrons. The lowest BCUT2D eigenvalue weighted by Crippen LogP contribution is -2.63. The molecule has 6 N–H and O–H groups in total. The van der Waals surface area contributed by atoms with Gasteiger partial charge in [0.25, 0.3) is 0 Å². The number of aliphatic hydroxyl groups excluding tert-OH is 1. The van der Waals surface area contributed by atoms with Crippen molar-refractivity contribution in [2.24, 2.45) is 46.3 Å². The van der Waals surface area contributed by atoms with Crippen molar-refractivity contribution >= 4 is 30.1 Å². The van der Waals surface area contributed by atoms with Gasteiger partial charge in [-0.2, -0.15) is 0 Å². The number of ether oxygens (including phenoxy) is 2. The maximum atomic E-state index is 13.5. The molecule has 0 aromatic heterocycles. The highest BCUT2D eigenvalue weighted by atomic mass is 16.5. The van der Waals surface area contributed by atoms with E-state index in [1.54, 1.807) is 12.1 Å². The Kier molecular flexibility index (Phi) is 10.9. The largest absolute Gasteiger partial charge is 0.504 e. The minimum atomic E-state index is -0.842. The summed E-state index contributed by atoms with van der Waals surface area (Å²) in [6.07, 6.45) is 9.68. The van der Waals surface area contributed by atoms with Crippen LogP contribution in [0.15, 0.2) is 48.6 Å². The maximum Gasteiger partial charge on any atom is 0.331 e. The maximum absolute atomic E-state index is 13.5. The van der Waals surface area contributed by atoms with Crippen LogP contribution in [0.25, 0.3) is 12.2 Å². The molecule has 0 bridgehead atoms. The van der Waals surface area contributed by atoms with Crippen molar-refractivity contribution in [3.63, 3.8) is 0 Å². The molecule has 4 aliphatic rings. The van der Waals surface area contributed by atoms with Gasteiger partial charge in [0.1, 0.15) is 12.2 Å². The van der Waals surface area contributed by atoms with Gasteiger partial charge < -0.3 is 40.1 Å². The zero-order valence-electron chi connectivity index (χ0n) is 30.6. The van der Waals surface area contributed by atoms with Crippen LogP contribution in [0.3, 0.4) is 0 Å². The molecule has 0 heterocycles. The van der Waals surface area contributed by atoms with Crippen molar-refractivity contribution in [2.75, 3.05) is 0 Å². The van der Waals surface area contributed by atoms with Gasteiger partial charge in [-0.3, -0.25) is 4.79 Å². The lowest BCUT2D eigenvalue weighted by molar-refractivity contribution is -0.217. The minimum absolute atomic E-state index is 0.0212. The second-order valence-corrected chi connectivity index (χ2v) is 16.4. The van der Waals surface area contributed by atoms with E-state index in [-0.39, 0.29) is 76.4 Å². The van der Waals surface area contributed by atoms with Crippen LogP contribution in [0.2, 0.25) is 0 Å². The monoisotopic (exact) mass is 732 g/mol. The standard InChI is InChI=1S/C42H52O11/c1-23(4-13-37(48)49)28-9-10-29-40-30(22-36(42(28,29)3)53-39(51)15-8-25-6-12-32(44)34(46)19-25)41(2)17-16-27(20-26(41)21-35(40)47)52-38(50)14-7-24-5-11-31(43)33(45)18-24/h5-8,11-12,14-15,18-19,23,26-30,35-36,40,43-47H,4,9-10,13,16-17,20-22H2,1-3H3,(H,48,49)/b14-7+,15-8+/t23-,26-,27-,28-,29+,30+,35-,36+,40+,41+,42-/m1/s1. The topological polar surface area (TPSA) is 191 Å². The van der Waals surface area contributed by atoms with Gasteiger partial charge in [-0.25, -0.2) is 9.59 Å². The van der Waals surface area contributed by atoms with Crippen LogP contribution in [0.4, 0.5) is 0 Å². The number of carboxylic acids is 1. The molecule has 0 saturated heterocycles. The SMILES string of the molecule is C[C@H](CCC(=O)O)[C@H]1CC[C@H]2[C@@H]3[C@H](O)C[C@H]4C[C@H](OC(=O)/C=C/c5ccc(O)c(O)c5)CC[C@]4(C)[C@H]3C[C@H](OC(=O)/C=C/c3ccc(O)c(O)c3)[C@]12C. The van der Waals surface area contributed by atoms with Crippen LogP contribution in [0.5, 0.6) is 23.0 Å². The van der Waals surface area contributed by atoms with Crippen LogP contribution in [0.1, 0.15) is 89.7 Å². The molecule has 53 heavy (non-hydrogen) atoms. The molecule has 2 aromatic carbocycles. The lowest BCUT2D eigenvalue weighted by atomic mass is 9.43. The van der Waals surface area contributed by atoms with E-state index in [9.17, 15) is 45.0 Å². The fraction of sp³-hybridized carbons (Fsp3) is 0.548. The summed E-state index contributed by atoms with van der Waals surface area (Å²) in [6, 6.07) is 8.55. The zero-order chi connectivity index (χ0) is 38.2. The first-order valence-electron chi connectivity index (χ1n) is 18.8. The third-order valence-electron chi connectivity index (χ3n) is 13.6. The van der Waals surface area contributed by atoms with Gasteiger partial charge in [-0.1, -0.05) is 32.9 Å². The van der Waals surface area contributed by atoms with E-state index in [1.807, 2.05) is 0 Å². The summed E-state index contributed by atoms with van der Waals surface area (Å²) in [6.45, 7) is 6.54. The highest BCUT2D eigenvalue weighted by Gasteiger charge is 2.67. The number of fused-ring (bicyclic) bond motifs is 5. The Labute approximate surface area is 310 Å². The predicted octanol–water partition coefficient (Wildman–Crippen LogP) is 6.80. The zero-order valence-corrected chi connectivity index (χ0v) is 30.6. The molecule has 0 unspecified atom stereocenters. The first kappa shape index (κ1) is 38.2. The van der Waals surface area contributed by atoms with E-state index in [1.165, 1.54) is 48.6 Å². The van der Waals surface area contributed by atoms with Crippen molar-refractivity contribution in [1.82, 2.24) is 0 Å². The molecule has 11 heteroatoms. The molecule has 0 aliphatic heterocycles. The van der Waals surface area contributed by atoms with Crippen LogP contribution in [0, 0.1) is 46.3 Å². The number of carbonyl (C=O) groups is 3. The summed E-state index contributed by atoms with van der Waals surface area (Å²) >= 11 is 0. The number of aliphatic hydroxyl groups is 1. The highest BCUT2D eigenvalue weighted by Crippen LogP contribution is 2.69. The van der Waals surface area contributed by atoms with Crippen LogP contribution < -0.4 is 0 Å². The van der Waals surface area contributed by atoms with Gasteiger partial charge in [0.15, 0.2) is 23.0 Å². The number of rotatable bonds is 10. The summed E-state index contributed by atoms with van der Waals surface area (Å²) in [5.41, 5.74) is 0.362. The number of phenols is 4. The van der Waals surface area contributed by atoms with Crippen molar-refractivity contribution in [3.8, 4) is 23.0 Å². The fourth-order valence-corrected chi connectivity index (χ4v) is 10.9. The molecule has 0 spiro atoms. The molecule has 11 nitrogen and oxygen atoms in total. The van der Waals surface area contributed by atoms with Gasteiger partial charge in [0.2, 0.25) is 0 Å². The van der Waals surface area contributed by atoms with Gasteiger partial charge in [-0.05, 0) is 140 Å². The Morgan fingerprint density at radius 3 is 2.00 bits per heavy atom. The van der Waals surface area contributed by atoms with E-state index in [0.717, 1.165) is 19.3 Å². The number of phenolic OH excluding ortho intramolecular Hbond substituents is 4. The molecule has 0 amide bonds. The minimum Gasteiger partial charge on any atom is -0.504 e. The van der Waals surface area contributed by atoms with Gasteiger partial charge in [0, 0.05) is 24.0 Å². The summed E-state index contributed by atoms with van der Waals surface area (Å²) in [5, 5.41) is 60.4. The Balaban J connectivity index is 1.22. The van der Waals surface area contributed by atoms with E-state index >= 15 is 0 Å². The lowest BCUT2D eigenvalue weighted by Gasteiger charge is -2.64. The van der Waals surface area contributed by atoms with E-state index in [2.05, 4.69) is 20.8 Å². The van der Waals surface area contributed by atoms with Crippen molar-refractivity contribution in [3.05, 3.63) is 59.7 Å². The van der Waals surface area contributed by atoms with E-state index < -0.39 is 35.5 Å². The van der Waals surface area contributed by atoms with Crippen LogP contribution in [-0.2, 0) is 23.9 Å². The molecule has 0 radical (unpaired) electrons. The fourth-order valence-electron chi connectivity index (χ4n) is 10.9. The van der Waals surface area contributed by atoms with Gasteiger partial charge in [-0.15, -0.1) is 0 Å². The number of carboxylic acid groups (broad SMARTS) is 1. The molecule has 4 aliphatic carbocycles. The Hall–Kier alpha value is -4.51. The first-order valence-corrected chi connectivity index (χ1v) is 18.8. The van der Waals surface area contributed by atoms with Crippen LogP contribution >= 0.6 is 0 Å². The molecule has 6 rings (SSSR count). The van der Waals surface area contributed by atoms with Crippen molar-refractivity contribution < 1.29 is 54.5 Å². The highest BCUT2D eigenvalue weighted by molar-refractivity contribution is 5.88. The van der Waals surface area contributed by atoms with Gasteiger partial charge in [0.05, 0.1) is 6.10 Å². The summed E-state index contributed by atoms with van der Waals surface area (Å²) < 4.78 is 12.3. The number of hydrogen-bond donors (Lipinski definition) is 6. The second kappa shape index (κ2) is 15.1. The van der Waals surface area contributed by atoms with Crippen molar-refractivity contribution in [2.45, 2.75) is 96.9 Å². The number of aromatic hydroxyl groups is 4. The number of hydrogen-bond acceptors (Lipinski definition) is 10. The molecule has 4 saturated carbocycles. The second-order valence-electron chi connectivity index (χ2n) is 16.4. The first-order chi connectivity index (χ1) is 25.1. The van der Waals surface area contributed by atoms with E-state index in [0.29, 0.717) is 43.2 Å². The number of carbonyl (C=O) groups excluding carboxylic acids is 2. The Morgan fingerprint density at radius 2 is 1.42 bits per heavy atom. The Morgan fingerprint density at radius 1 is 0.811 bits per heavy atom. The molecular weight excluding hydrogens is 680 g/mol. The molecule has 2 aromatic rings.